The van der Waals surface area contributed by atoms with Crippen molar-refractivity contribution in [1.29, 1.82) is 0 Å². The van der Waals surface area contributed by atoms with E-state index in [-0.39, 0.29) is 5.75 Å². The minimum absolute atomic E-state index is 0.267. The molecule has 8 heteroatoms. The number of aromatic nitrogens is 4. The van der Waals surface area contributed by atoms with Crippen molar-refractivity contribution in [3.63, 3.8) is 0 Å². The third-order valence-electron chi connectivity index (χ3n) is 3.52. The van der Waals surface area contributed by atoms with Crippen LogP contribution in [0.15, 0.2) is 28.1 Å². The predicted octanol–water partition coefficient (Wildman–Crippen LogP) is 3.05. The van der Waals surface area contributed by atoms with Crippen molar-refractivity contribution in [3.8, 4) is 5.75 Å². The van der Waals surface area contributed by atoms with Crippen molar-refractivity contribution in [2.75, 3.05) is 7.11 Å². The van der Waals surface area contributed by atoms with Crippen molar-refractivity contribution < 1.29 is 8.95 Å². The summed E-state index contributed by atoms with van der Waals surface area (Å²) >= 11 is 3.30. The Kier molecular flexibility index (Phi) is 4.45. The summed E-state index contributed by atoms with van der Waals surface area (Å²) in [6.45, 7) is 3.85. The Bertz CT molecular complexity index is 910. The van der Waals surface area contributed by atoms with Crippen LogP contribution in [-0.2, 0) is 16.6 Å². The molecular weight excluding hydrogens is 380 g/mol. The Morgan fingerprint density at radius 1 is 1.30 bits per heavy atom. The Morgan fingerprint density at radius 3 is 2.83 bits per heavy atom. The summed E-state index contributed by atoms with van der Waals surface area (Å²) in [4.78, 5) is 16.0. The molecule has 0 saturated carbocycles. The molecule has 1 unspecified atom stereocenters. The molecule has 1 N–H and O–H groups in total. The zero-order valence-corrected chi connectivity index (χ0v) is 15.3. The summed E-state index contributed by atoms with van der Waals surface area (Å²) in [6, 6.07) is 3.66. The summed E-state index contributed by atoms with van der Waals surface area (Å²) in [5.74, 6) is 1.05. The van der Waals surface area contributed by atoms with E-state index in [9.17, 15) is 4.21 Å². The average Bonchev–Trinajstić information content (AvgIpc) is 2.93. The number of H-pyrrole nitrogens is 1. The topological polar surface area (TPSA) is 80.8 Å². The molecule has 1 atom stereocenters. The smallest absolute Gasteiger partial charge is 0.199 e. The van der Waals surface area contributed by atoms with Crippen LogP contribution in [0.4, 0.5) is 0 Å². The summed E-state index contributed by atoms with van der Waals surface area (Å²) in [5, 5.41) is 0.395. The summed E-state index contributed by atoms with van der Waals surface area (Å²) in [6.07, 6.45) is 1.73. The molecule has 0 spiro atoms. The molecular formula is C15H15BrN4O2S. The van der Waals surface area contributed by atoms with Crippen LogP contribution in [0.2, 0.25) is 0 Å². The molecule has 120 valence electrons. The van der Waals surface area contributed by atoms with Crippen molar-refractivity contribution >= 4 is 37.9 Å². The van der Waals surface area contributed by atoms with Crippen LogP contribution < -0.4 is 4.74 Å². The molecule has 6 nitrogen and oxygen atoms in total. The number of hydrogen-bond donors (Lipinski definition) is 1. The van der Waals surface area contributed by atoms with E-state index in [2.05, 4.69) is 35.9 Å². The summed E-state index contributed by atoms with van der Waals surface area (Å²) in [5.41, 5.74) is 3.88. The quantitative estimate of drug-likeness (QED) is 0.687. The van der Waals surface area contributed by atoms with Gasteiger partial charge in [-0.1, -0.05) is 0 Å². The van der Waals surface area contributed by atoms with Gasteiger partial charge in [0.25, 0.3) is 0 Å². The first kappa shape index (κ1) is 16.1. The fraction of sp³-hybridized carbons (Fsp3) is 0.267. The van der Waals surface area contributed by atoms with Gasteiger partial charge in [0.1, 0.15) is 10.4 Å². The van der Waals surface area contributed by atoms with Crippen LogP contribution >= 0.6 is 15.9 Å². The Labute approximate surface area is 144 Å². The SMILES string of the molecule is COc1c(C)cnc(CS(=O)c2nc3nc(Br)ccc3[nH]2)c1C. The van der Waals surface area contributed by atoms with Gasteiger partial charge in [0, 0.05) is 17.3 Å². The van der Waals surface area contributed by atoms with Crippen LogP contribution in [0.1, 0.15) is 16.8 Å². The van der Waals surface area contributed by atoms with E-state index in [0.717, 1.165) is 28.1 Å². The number of fused-ring (bicyclic) bond motifs is 1. The highest BCUT2D eigenvalue weighted by Gasteiger charge is 2.16. The van der Waals surface area contributed by atoms with Gasteiger partial charge < -0.3 is 9.72 Å². The number of methoxy groups -OCH3 is 1. The van der Waals surface area contributed by atoms with Gasteiger partial charge in [0.15, 0.2) is 10.8 Å². The zero-order valence-electron chi connectivity index (χ0n) is 12.9. The lowest BCUT2D eigenvalue weighted by atomic mass is 10.1. The minimum Gasteiger partial charge on any atom is -0.496 e. The first-order valence-corrected chi connectivity index (χ1v) is 9.00. The predicted molar refractivity (Wildman–Crippen MR) is 92.0 cm³/mol. The lowest BCUT2D eigenvalue weighted by molar-refractivity contribution is 0.407. The molecule has 0 radical (unpaired) electrons. The van der Waals surface area contributed by atoms with Crippen molar-refractivity contribution in [2.45, 2.75) is 24.8 Å². The molecule has 0 amide bonds. The summed E-state index contributed by atoms with van der Waals surface area (Å²) in [7, 11) is 0.283. The van der Waals surface area contributed by atoms with Crippen LogP contribution in [0.5, 0.6) is 5.75 Å². The second kappa shape index (κ2) is 6.37. The monoisotopic (exact) mass is 394 g/mol. The molecule has 0 fully saturated rings. The van der Waals surface area contributed by atoms with Crippen LogP contribution in [-0.4, -0.2) is 31.3 Å². The van der Waals surface area contributed by atoms with Crippen molar-refractivity contribution in [1.82, 2.24) is 19.9 Å². The normalized spacial score (nSPS) is 12.5. The van der Waals surface area contributed by atoms with Crippen LogP contribution in [0.3, 0.4) is 0 Å². The number of rotatable bonds is 4. The van der Waals surface area contributed by atoms with Gasteiger partial charge in [0.05, 0.1) is 34.9 Å². The van der Waals surface area contributed by atoms with Crippen LogP contribution in [0.25, 0.3) is 11.2 Å². The molecule has 0 aliphatic heterocycles. The molecule has 0 aromatic carbocycles. The Morgan fingerprint density at radius 2 is 2.09 bits per heavy atom. The van der Waals surface area contributed by atoms with E-state index in [1.54, 1.807) is 13.3 Å². The van der Waals surface area contributed by atoms with Crippen molar-refractivity contribution in [3.05, 3.63) is 39.8 Å². The largest absolute Gasteiger partial charge is 0.496 e. The lowest BCUT2D eigenvalue weighted by Gasteiger charge is -2.11. The molecule has 0 saturated heterocycles. The summed E-state index contributed by atoms with van der Waals surface area (Å²) < 4.78 is 18.7. The Balaban J connectivity index is 1.91. The van der Waals surface area contributed by atoms with Gasteiger partial charge in [-0.05, 0) is 41.9 Å². The van der Waals surface area contributed by atoms with E-state index in [0.29, 0.717) is 15.4 Å². The number of nitrogens with zero attached hydrogens (tertiary/aromatic N) is 3. The fourth-order valence-electron chi connectivity index (χ4n) is 2.36. The van der Waals surface area contributed by atoms with Gasteiger partial charge in [-0.25, -0.2) is 9.97 Å². The highest BCUT2D eigenvalue weighted by molar-refractivity contribution is 9.10. The number of halogens is 1. The van der Waals surface area contributed by atoms with Gasteiger partial charge in [-0.15, -0.1) is 0 Å². The molecule has 3 rings (SSSR count). The third kappa shape index (κ3) is 3.13. The standard InChI is InChI=1S/C15H15BrN4O2S/c1-8-6-17-11(9(2)13(8)22-3)7-23(21)15-18-10-4-5-12(16)19-14(10)20-15/h4-6H,7H2,1-3H3,(H,18,19,20). The average molecular weight is 395 g/mol. The number of aromatic amines is 1. The maximum absolute atomic E-state index is 12.6. The highest BCUT2D eigenvalue weighted by Crippen LogP contribution is 2.25. The van der Waals surface area contributed by atoms with Gasteiger partial charge in [-0.3, -0.25) is 9.19 Å². The van der Waals surface area contributed by atoms with E-state index in [1.807, 2.05) is 26.0 Å². The highest BCUT2D eigenvalue weighted by atomic mass is 79.9. The Hall–Kier alpha value is -1.80. The maximum Gasteiger partial charge on any atom is 0.199 e. The maximum atomic E-state index is 12.6. The minimum atomic E-state index is -1.34. The fourth-order valence-corrected chi connectivity index (χ4v) is 3.75. The van der Waals surface area contributed by atoms with E-state index >= 15 is 0 Å². The van der Waals surface area contributed by atoms with Gasteiger partial charge in [-0.2, -0.15) is 0 Å². The lowest BCUT2D eigenvalue weighted by Crippen LogP contribution is -2.05. The molecule has 0 bridgehead atoms. The first-order valence-electron chi connectivity index (χ1n) is 6.89. The first-order chi connectivity index (χ1) is 11.0. The molecule has 0 aliphatic rings. The number of nitrogens with one attached hydrogen (secondary N) is 1. The number of aryl methyl sites for hydroxylation is 1. The van der Waals surface area contributed by atoms with E-state index in [1.165, 1.54) is 0 Å². The van der Waals surface area contributed by atoms with Crippen LogP contribution in [0, 0.1) is 13.8 Å². The van der Waals surface area contributed by atoms with Gasteiger partial charge >= 0.3 is 0 Å². The molecule has 3 aromatic heterocycles. The van der Waals surface area contributed by atoms with E-state index in [4.69, 9.17) is 4.74 Å². The molecule has 0 aliphatic carbocycles. The number of pyridine rings is 2. The second-order valence-electron chi connectivity index (χ2n) is 5.08. The van der Waals surface area contributed by atoms with Gasteiger partial charge in [0.2, 0.25) is 0 Å². The van der Waals surface area contributed by atoms with E-state index < -0.39 is 10.8 Å². The zero-order chi connectivity index (χ0) is 16.6. The number of ether oxygens (including phenoxy) is 1. The second-order valence-corrected chi connectivity index (χ2v) is 7.26. The third-order valence-corrected chi connectivity index (χ3v) is 5.13. The molecule has 3 heterocycles. The van der Waals surface area contributed by atoms with Crippen molar-refractivity contribution in [2.24, 2.45) is 0 Å². The number of hydrogen-bond acceptors (Lipinski definition) is 5. The number of imidazole rings is 1. The molecule has 3 aromatic rings. The molecule has 23 heavy (non-hydrogen) atoms.